The van der Waals surface area contributed by atoms with Gasteiger partial charge in [-0.1, -0.05) is 60.5 Å². The molecule has 0 aromatic heterocycles. The molecule has 0 amide bonds. The second-order valence-corrected chi connectivity index (χ2v) is 7.72. The molecule has 0 aliphatic heterocycles. The van der Waals surface area contributed by atoms with Gasteiger partial charge in [0.2, 0.25) is 0 Å². The molecule has 2 nitrogen and oxygen atoms in total. The molecule has 4 heteroatoms. The maximum atomic E-state index is 6.50. The first kappa shape index (κ1) is 18.1. The van der Waals surface area contributed by atoms with Gasteiger partial charge in [0.05, 0.1) is 0 Å². The first-order valence-corrected chi connectivity index (χ1v) is 9.06. The Morgan fingerprint density at radius 3 is 2.24 bits per heavy atom. The van der Waals surface area contributed by atoms with E-state index in [-0.39, 0.29) is 11.5 Å². The summed E-state index contributed by atoms with van der Waals surface area (Å²) in [7, 11) is 0. The molecule has 130 valence electrons. The molecule has 0 heterocycles. The second-order valence-electron chi connectivity index (χ2n) is 6.85. The third kappa shape index (κ3) is 3.92. The van der Waals surface area contributed by atoms with Crippen LogP contribution in [0.5, 0.6) is 0 Å². The van der Waals surface area contributed by atoms with Crippen LogP contribution in [0.3, 0.4) is 0 Å². The van der Waals surface area contributed by atoms with Crippen molar-refractivity contribution in [2.24, 2.45) is 16.9 Å². The second kappa shape index (κ2) is 7.25. The van der Waals surface area contributed by atoms with Crippen LogP contribution in [0.25, 0.3) is 0 Å². The minimum atomic E-state index is -0.286. The van der Waals surface area contributed by atoms with E-state index < -0.39 is 0 Å². The SMILES string of the molecule is CC1(Cc2cccc(Cl)c2)C(Cc2cccc(Cl)c2)=C(N)C=CC1N. The molecule has 0 radical (unpaired) electrons. The van der Waals surface area contributed by atoms with Gasteiger partial charge in [0, 0.05) is 27.2 Å². The van der Waals surface area contributed by atoms with Crippen LogP contribution >= 0.6 is 23.2 Å². The lowest BCUT2D eigenvalue weighted by Crippen LogP contribution is -2.44. The molecule has 3 rings (SSSR count). The lowest BCUT2D eigenvalue weighted by molar-refractivity contribution is 0.336. The molecular formula is C21H22Cl2N2. The van der Waals surface area contributed by atoms with E-state index in [0.29, 0.717) is 0 Å². The molecule has 0 saturated carbocycles. The van der Waals surface area contributed by atoms with E-state index >= 15 is 0 Å². The Balaban J connectivity index is 1.98. The number of rotatable bonds is 4. The van der Waals surface area contributed by atoms with Crippen LogP contribution < -0.4 is 11.5 Å². The minimum Gasteiger partial charge on any atom is -0.399 e. The van der Waals surface area contributed by atoms with Crippen molar-refractivity contribution in [3.8, 4) is 0 Å². The topological polar surface area (TPSA) is 52.0 Å². The Kier molecular flexibility index (Phi) is 5.24. The lowest BCUT2D eigenvalue weighted by Gasteiger charge is -2.40. The molecular weight excluding hydrogens is 351 g/mol. The predicted molar refractivity (Wildman–Crippen MR) is 107 cm³/mol. The average molecular weight is 373 g/mol. The molecule has 1 aliphatic rings. The lowest BCUT2D eigenvalue weighted by atomic mass is 9.67. The van der Waals surface area contributed by atoms with Crippen LogP contribution in [0.1, 0.15) is 18.1 Å². The van der Waals surface area contributed by atoms with Gasteiger partial charge in [-0.2, -0.15) is 0 Å². The molecule has 0 saturated heterocycles. The highest BCUT2D eigenvalue weighted by molar-refractivity contribution is 6.30. The number of nitrogens with two attached hydrogens (primary N) is 2. The Bertz CT molecular complexity index is 841. The minimum absolute atomic E-state index is 0.118. The zero-order valence-corrected chi connectivity index (χ0v) is 15.7. The van der Waals surface area contributed by atoms with E-state index in [2.05, 4.69) is 19.1 Å². The van der Waals surface area contributed by atoms with Crippen LogP contribution in [0.4, 0.5) is 0 Å². The van der Waals surface area contributed by atoms with Gasteiger partial charge in [0.1, 0.15) is 0 Å². The highest BCUT2D eigenvalue weighted by atomic mass is 35.5. The smallest absolute Gasteiger partial charge is 0.0408 e. The highest BCUT2D eigenvalue weighted by Gasteiger charge is 2.37. The molecule has 1 aliphatic carbocycles. The van der Waals surface area contributed by atoms with Crippen LogP contribution in [0.15, 0.2) is 72.0 Å². The third-order valence-electron chi connectivity index (χ3n) is 4.99. The number of benzene rings is 2. The Morgan fingerprint density at radius 2 is 1.60 bits per heavy atom. The summed E-state index contributed by atoms with van der Waals surface area (Å²) in [6.45, 7) is 2.18. The first-order chi connectivity index (χ1) is 11.9. The van der Waals surface area contributed by atoms with Crippen molar-refractivity contribution in [3.63, 3.8) is 0 Å². The van der Waals surface area contributed by atoms with Crippen LogP contribution in [-0.4, -0.2) is 6.04 Å². The maximum absolute atomic E-state index is 6.50. The van der Waals surface area contributed by atoms with Crippen LogP contribution in [0.2, 0.25) is 10.0 Å². The zero-order valence-electron chi connectivity index (χ0n) is 14.2. The van der Waals surface area contributed by atoms with Gasteiger partial charge in [0.15, 0.2) is 0 Å². The molecule has 25 heavy (non-hydrogen) atoms. The zero-order chi connectivity index (χ0) is 18.0. The summed E-state index contributed by atoms with van der Waals surface area (Å²) in [5.74, 6) is 0. The summed E-state index contributed by atoms with van der Waals surface area (Å²) in [6, 6.07) is 15.7. The van der Waals surface area contributed by atoms with E-state index in [0.717, 1.165) is 45.3 Å². The van der Waals surface area contributed by atoms with Gasteiger partial charge in [0.25, 0.3) is 0 Å². The molecule has 0 bridgehead atoms. The van der Waals surface area contributed by atoms with Gasteiger partial charge >= 0.3 is 0 Å². The van der Waals surface area contributed by atoms with Crippen molar-refractivity contribution >= 4 is 23.2 Å². The van der Waals surface area contributed by atoms with Crippen LogP contribution in [0, 0.1) is 5.41 Å². The fourth-order valence-electron chi connectivity index (χ4n) is 3.50. The summed E-state index contributed by atoms with van der Waals surface area (Å²) in [5.41, 5.74) is 16.8. The van der Waals surface area contributed by atoms with Crippen molar-refractivity contribution in [1.82, 2.24) is 0 Å². The van der Waals surface area contributed by atoms with E-state index in [4.69, 9.17) is 34.7 Å². The third-order valence-corrected chi connectivity index (χ3v) is 5.46. The summed E-state index contributed by atoms with van der Waals surface area (Å²) in [4.78, 5) is 0. The van der Waals surface area contributed by atoms with Gasteiger partial charge in [-0.3, -0.25) is 0 Å². The Labute approximate surface area is 159 Å². The van der Waals surface area contributed by atoms with Gasteiger partial charge in [-0.25, -0.2) is 0 Å². The monoisotopic (exact) mass is 372 g/mol. The van der Waals surface area contributed by atoms with Crippen molar-refractivity contribution in [2.75, 3.05) is 0 Å². The standard InChI is InChI=1S/C21H22Cl2N2/c1-21(13-15-5-3-7-17(23)11-15)18(19(24)8-9-20(21)25)12-14-4-2-6-16(22)10-14/h2-11,20H,12-13,24-25H2,1H3. The number of hydrogen-bond donors (Lipinski definition) is 2. The van der Waals surface area contributed by atoms with Crippen molar-refractivity contribution < 1.29 is 0 Å². The summed E-state index contributed by atoms with van der Waals surface area (Å²) in [6.07, 6.45) is 5.41. The van der Waals surface area contributed by atoms with Crippen molar-refractivity contribution in [1.29, 1.82) is 0 Å². The Morgan fingerprint density at radius 1 is 1.00 bits per heavy atom. The van der Waals surface area contributed by atoms with Gasteiger partial charge in [-0.15, -0.1) is 0 Å². The van der Waals surface area contributed by atoms with E-state index in [1.165, 1.54) is 0 Å². The fourth-order valence-corrected chi connectivity index (χ4v) is 3.93. The molecule has 0 fully saturated rings. The molecule has 0 spiro atoms. The molecule has 4 N–H and O–H groups in total. The predicted octanol–water partition coefficient (Wildman–Crippen LogP) is 4.89. The van der Waals surface area contributed by atoms with E-state index in [1.54, 1.807) is 0 Å². The first-order valence-electron chi connectivity index (χ1n) is 8.30. The number of halogens is 2. The Hall–Kier alpha value is -1.74. The van der Waals surface area contributed by atoms with Crippen molar-refractivity contribution in [3.05, 3.63) is 93.1 Å². The normalized spacial score (nSPS) is 23.1. The molecule has 2 aromatic carbocycles. The van der Waals surface area contributed by atoms with E-state index in [9.17, 15) is 0 Å². The number of hydrogen-bond acceptors (Lipinski definition) is 2. The van der Waals surface area contributed by atoms with Gasteiger partial charge < -0.3 is 11.5 Å². The van der Waals surface area contributed by atoms with Crippen molar-refractivity contribution in [2.45, 2.75) is 25.8 Å². The largest absolute Gasteiger partial charge is 0.399 e. The van der Waals surface area contributed by atoms with Crippen LogP contribution in [-0.2, 0) is 12.8 Å². The van der Waals surface area contributed by atoms with Gasteiger partial charge in [-0.05, 0) is 59.9 Å². The number of allylic oxidation sites excluding steroid dienone is 1. The summed E-state index contributed by atoms with van der Waals surface area (Å²) >= 11 is 12.3. The fraction of sp³-hybridized carbons (Fsp3) is 0.238. The quantitative estimate of drug-likeness (QED) is 0.801. The summed E-state index contributed by atoms with van der Waals surface area (Å²) in [5, 5.41) is 1.46. The highest BCUT2D eigenvalue weighted by Crippen LogP contribution is 2.40. The molecule has 2 unspecified atom stereocenters. The van der Waals surface area contributed by atoms with E-state index in [1.807, 2.05) is 48.6 Å². The molecule has 2 aromatic rings. The molecule has 2 atom stereocenters. The average Bonchev–Trinajstić information content (AvgIpc) is 2.56. The maximum Gasteiger partial charge on any atom is 0.0408 e. The summed E-state index contributed by atoms with van der Waals surface area (Å²) < 4.78 is 0.